The number of nitrogens with zero attached hydrogens (tertiary/aromatic N) is 1. The number of hydrogen-bond donors (Lipinski definition) is 1. The normalized spacial score (nSPS) is 9.82. The summed E-state index contributed by atoms with van der Waals surface area (Å²) in [6, 6.07) is 7.39. The third-order valence-electron chi connectivity index (χ3n) is 2.22. The number of rotatable bonds is 3. The molecule has 3 amide bonds. The maximum Gasteiger partial charge on any atom is 0.324 e. The molecule has 0 heterocycles. The Bertz CT molecular complexity index is 421. The Kier molecular flexibility index (Phi) is 4.97. The number of halogens is 1. The van der Waals surface area contributed by atoms with E-state index in [2.05, 4.69) is 5.32 Å². The van der Waals surface area contributed by atoms with Gasteiger partial charge in [-0.2, -0.15) is 0 Å². The average molecular weight is 255 g/mol. The number of nitrogens with one attached hydrogen (secondary N) is 1. The van der Waals surface area contributed by atoms with Crippen LogP contribution in [-0.4, -0.2) is 29.8 Å². The van der Waals surface area contributed by atoms with Gasteiger partial charge < -0.3 is 4.90 Å². The molecule has 0 aliphatic rings. The Morgan fingerprint density at radius 2 is 2.12 bits per heavy atom. The Morgan fingerprint density at radius 3 is 2.71 bits per heavy atom. The molecule has 0 aliphatic carbocycles. The SMILES string of the molecule is Cc1cccc(CN(C)C(=O)NC(=O)CCl)c1. The van der Waals surface area contributed by atoms with Crippen LogP contribution in [0.25, 0.3) is 0 Å². The van der Waals surface area contributed by atoms with Crippen LogP contribution < -0.4 is 5.32 Å². The number of carbonyl (C=O) groups excluding carboxylic acids is 2. The number of carbonyl (C=O) groups is 2. The Morgan fingerprint density at radius 1 is 1.41 bits per heavy atom. The van der Waals surface area contributed by atoms with Crippen molar-refractivity contribution in [2.45, 2.75) is 13.5 Å². The van der Waals surface area contributed by atoms with Crippen molar-refractivity contribution >= 4 is 23.5 Å². The standard InChI is InChI=1S/C12H15ClN2O2/c1-9-4-3-5-10(6-9)8-15(2)12(17)14-11(16)7-13/h3-6H,7-8H2,1-2H3,(H,14,16,17). The minimum Gasteiger partial charge on any atom is -0.323 e. The second kappa shape index (κ2) is 6.25. The summed E-state index contributed by atoms with van der Waals surface area (Å²) in [6.07, 6.45) is 0. The van der Waals surface area contributed by atoms with Gasteiger partial charge in [-0.05, 0) is 12.5 Å². The molecule has 0 bridgehead atoms. The molecular weight excluding hydrogens is 240 g/mol. The number of imide groups is 1. The van der Waals surface area contributed by atoms with E-state index in [1.165, 1.54) is 4.90 Å². The zero-order valence-electron chi connectivity index (χ0n) is 9.87. The molecule has 1 rings (SSSR count). The van der Waals surface area contributed by atoms with Gasteiger partial charge in [-0.3, -0.25) is 10.1 Å². The van der Waals surface area contributed by atoms with Crippen LogP contribution in [0.2, 0.25) is 0 Å². The Hall–Kier alpha value is -1.55. The van der Waals surface area contributed by atoms with Crippen LogP contribution in [0.3, 0.4) is 0 Å². The number of amides is 3. The number of alkyl halides is 1. The highest BCUT2D eigenvalue weighted by atomic mass is 35.5. The summed E-state index contributed by atoms with van der Waals surface area (Å²) in [4.78, 5) is 23.9. The lowest BCUT2D eigenvalue weighted by atomic mass is 10.1. The molecule has 0 unspecified atom stereocenters. The highest BCUT2D eigenvalue weighted by molar-refractivity contribution is 6.28. The van der Waals surface area contributed by atoms with Gasteiger partial charge in [-0.15, -0.1) is 11.6 Å². The van der Waals surface area contributed by atoms with Gasteiger partial charge in [-0.1, -0.05) is 29.8 Å². The Balaban J connectivity index is 2.57. The van der Waals surface area contributed by atoms with E-state index in [1.54, 1.807) is 7.05 Å². The summed E-state index contributed by atoms with van der Waals surface area (Å²) in [5.41, 5.74) is 2.15. The van der Waals surface area contributed by atoms with Crippen molar-refractivity contribution in [1.29, 1.82) is 0 Å². The van der Waals surface area contributed by atoms with Crippen molar-refractivity contribution in [3.8, 4) is 0 Å². The fourth-order valence-corrected chi connectivity index (χ4v) is 1.47. The molecule has 0 aromatic heterocycles. The van der Waals surface area contributed by atoms with Crippen molar-refractivity contribution < 1.29 is 9.59 Å². The van der Waals surface area contributed by atoms with Gasteiger partial charge in [0.1, 0.15) is 5.88 Å². The quantitative estimate of drug-likeness (QED) is 0.838. The highest BCUT2D eigenvalue weighted by Crippen LogP contribution is 2.06. The predicted molar refractivity (Wildman–Crippen MR) is 66.9 cm³/mol. The molecule has 0 saturated carbocycles. The van der Waals surface area contributed by atoms with Gasteiger partial charge in [0.25, 0.3) is 0 Å². The van der Waals surface area contributed by atoms with E-state index >= 15 is 0 Å². The van der Waals surface area contributed by atoms with Crippen LogP contribution in [-0.2, 0) is 11.3 Å². The molecular formula is C12H15ClN2O2. The van der Waals surface area contributed by atoms with Crippen LogP contribution >= 0.6 is 11.6 Å². The molecule has 5 heteroatoms. The van der Waals surface area contributed by atoms with Gasteiger partial charge in [0.15, 0.2) is 0 Å². The second-order valence-electron chi connectivity index (χ2n) is 3.83. The zero-order chi connectivity index (χ0) is 12.8. The summed E-state index contributed by atoms with van der Waals surface area (Å²) in [6.45, 7) is 2.43. The van der Waals surface area contributed by atoms with Crippen LogP contribution in [0.1, 0.15) is 11.1 Å². The van der Waals surface area contributed by atoms with Crippen LogP contribution in [0.15, 0.2) is 24.3 Å². The predicted octanol–water partition coefficient (Wildman–Crippen LogP) is 1.90. The first-order valence-electron chi connectivity index (χ1n) is 5.19. The van der Waals surface area contributed by atoms with Gasteiger partial charge in [0.05, 0.1) is 0 Å². The van der Waals surface area contributed by atoms with Crippen molar-refractivity contribution in [1.82, 2.24) is 10.2 Å². The van der Waals surface area contributed by atoms with Crippen LogP contribution in [0, 0.1) is 6.92 Å². The maximum atomic E-state index is 11.5. The second-order valence-corrected chi connectivity index (χ2v) is 4.10. The summed E-state index contributed by atoms with van der Waals surface area (Å²) >= 11 is 5.30. The topological polar surface area (TPSA) is 49.4 Å². The molecule has 1 N–H and O–H groups in total. The molecule has 0 saturated heterocycles. The van der Waals surface area contributed by atoms with E-state index < -0.39 is 11.9 Å². The zero-order valence-corrected chi connectivity index (χ0v) is 10.6. The third-order valence-corrected chi connectivity index (χ3v) is 2.46. The summed E-state index contributed by atoms with van der Waals surface area (Å²) in [5.74, 6) is -0.711. The largest absolute Gasteiger partial charge is 0.324 e. The van der Waals surface area contributed by atoms with E-state index in [-0.39, 0.29) is 5.88 Å². The van der Waals surface area contributed by atoms with Crippen molar-refractivity contribution in [3.63, 3.8) is 0 Å². The molecule has 1 aromatic carbocycles. The third kappa shape index (κ3) is 4.44. The maximum absolute atomic E-state index is 11.5. The van der Waals surface area contributed by atoms with Crippen LogP contribution in [0.4, 0.5) is 4.79 Å². The van der Waals surface area contributed by atoms with E-state index in [1.807, 2.05) is 31.2 Å². The lowest BCUT2D eigenvalue weighted by Crippen LogP contribution is -2.40. The van der Waals surface area contributed by atoms with Crippen molar-refractivity contribution in [3.05, 3.63) is 35.4 Å². The highest BCUT2D eigenvalue weighted by Gasteiger charge is 2.11. The fourth-order valence-electron chi connectivity index (χ4n) is 1.40. The number of aryl methyl sites for hydroxylation is 1. The molecule has 17 heavy (non-hydrogen) atoms. The molecule has 0 atom stereocenters. The summed E-state index contributed by atoms with van der Waals surface area (Å²) in [5, 5.41) is 2.18. The Labute approximate surface area is 106 Å². The first-order valence-corrected chi connectivity index (χ1v) is 5.73. The van der Waals surface area contributed by atoms with Gasteiger partial charge in [-0.25, -0.2) is 4.79 Å². The van der Waals surface area contributed by atoms with Crippen molar-refractivity contribution in [2.24, 2.45) is 0 Å². The molecule has 4 nitrogen and oxygen atoms in total. The summed E-state index contributed by atoms with van der Waals surface area (Å²) < 4.78 is 0. The number of hydrogen-bond acceptors (Lipinski definition) is 2. The van der Waals surface area contributed by atoms with Gasteiger partial charge >= 0.3 is 6.03 Å². The molecule has 1 aromatic rings. The minimum absolute atomic E-state index is 0.218. The lowest BCUT2D eigenvalue weighted by Gasteiger charge is -2.17. The van der Waals surface area contributed by atoms with Crippen molar-refractivity contribution in [2.75, 3.05) is 12.9 Å². The monoisotopic (exact) mass is 254 g/mol. The first-order chi connectivity index (χ1) is 8.02. The number of urea groups is 1. The minimum atomic E-state index is -0.493. The first kappa shape index (κ1) is 13.5. The molecule has 92 valence electrons. The fraction of sp³-hybridized carbons (Fsp3) is 0.333. The summed E-state index contributed by atoms with van der Waals surface area (Å²) in [7, 11) is 1.62. The molecule has 0 fully saturated rings. The van der Waals surface area contributed by atoms with E-state index in [0.717, 1.165) is 11.1 Å². The molecule has 0 radical (unpaired) electrons. The number of benzene rings is 1. The van der Waals surface area contributed by atoms with E-state index in [0.29, 0.717) is 6.54 Å². The smallest absolute Gasteiger partial charge is 0.323 e. The molecule has 0 spiro atoms. The average Bonchev–Trinajstić information content (AvgIpc) is 2.28. The molecule has 0 aliphatic heterocycles. The van der Waals surface area contributed by atoms with E-state index in [4.69, 9.17) is 11.6 Å². The van der Waals surface area contributed by atoms with Gasteiger partial charge in [0, 0.05) is 13.6 Å². The van der Waals surface area contributed by atoms with Gasteiger partial charge in [0.2, 0.25) is 5.91 Å². The van der Waals surface area contributed by atoms with E-state index in [9.17, 15) is 9.59 Å². The lowest BCUT2D eigenvalue weighted by molar-refractivity contribution is -0.117. The van der Waals surface area contributed by atoms with Crippen LogP contribution in [0.5, 0.6) is 0 Å².